The lowest BCUT2D eigenvalue weighted by atomic mass is 10.5. The number of anilines is 1. The number of carboxylic acid groups (broad SMARTS) is 1. The molecule has 1 heterocycles. The van der Waals surface area contributed by atoms with E-state index in [0.29, 0.717) is 5.13 Å². The van der Waals surface area contributed by atoms with Gasteiger partial charge in [0, 0.05) is 19.5 Å². The minimum Gasteiger partial charge on any atom is -0.476 e. The van der Waals surface area contributed by atoms with E-state index in [2.05, 4.69) is 4.98 Å². The van der Waals surface area contributed by atoms with Gasteiger partial charge in [0.05, 0.1) is 0 Å². The Morgan fingerprint density at radius 1 is 1.73 bits per heavy atom. The fraction of sp³-hybridized carbons (Fsp3) is 0.333. The van der Waals surface area contributed by atoms with E-state index in [0.717, 1.165) is 0 Å². The summed E-state index contributed by atoms with van der Waals surface area (Å²) in [6.07, 6.45) is 0. The third kappa shape index (κ3) is 1.68. The molecule has 0 aliphatic heterocycles. The van der Waals surface area contributed by atoms with E-state index in [1.807, 2.05) is 14.1 Å². The van der Waals surface area contributed by atoms with Crippen LogP contribution in [0.25, 0.3) is 0 Å². The van der Waals surface area contributed by atoms with E-state index in [4.69, 9.17) is 5.11 Å². The van der Waals surface area contributed by atoms with Gasteiger partial charge < -0.3 is 10.0 Å². The molecule has 0 saturated carbocycles. The molecule has 0 aromatic carbocycles. The molecule has 1 aromatic heterocycles. The highest BCUT2D eigenvalue weighted by atomic mass is 32.1. The van der Waals surface area contributed by atoms with Gasteiger partial charge >= 0.3 is 5.97 Å². The van der Waals surface area contributed by atoms with E-state index in [1.54, 1.807) is 4.90 Å². The summed E-state index contributed by atoms with van der Waals surface area (Å²) >= 11 is 1.32. The van der Waals surface area contributed by atoms with Gasteiger partial charge in [-0.2, -0.15) is 0 Å². The fourth-order valence-electron chi connectivity index (χ4n) is 0.568. The molecule has 1 N–H and O–H groups in total. The van der Waals surface area contributed by atoms with Gasteiger partial charge in [-0.1, -0.05) is 0 Å². The highest BCUT2D eigenvalue weighted by Gasteiger charge is 2.08. The number of thiazole rings is 1. The number of aromatic carboxylic acids is 1. The number of rotatable bonds is 2. The maximum atomic E-state index is 10.4. The van der Waals surface area contributed by atoms with Crippen LogP contribution in [0.1, 0.15) is 10.5 Å². The van der Waals surface area contributed by atoms with Crippen molar-refractivity contribution in [3.05, 3.63) is 11.1 Å². The maximum Gasteiger partial charge on any atom is 0.355 e. The second-order valence-corrected chi connectivity index (χ2v) is 3.05. The van der Waals surface area contributed by atoms with E-state index in [1.165, 1.54) is 16.7 Å². The number of nitrogens with zero attached hydrogens (tertiary/aromatic N) is 2. The van der Waals surface area contributed by atoms with E-state index in [9.17, 15) is 4.79 Å². The van der Waals surface area contributed by atoms with Crippen LogP contribution in [0, 0.1) is 0 Å². The standard InChI is InChI=1S/C6H8N2O2S/c1-8(2)6-7-4(3-11-6)5(9)10/h3H,1-2H3,(H,9,10). The summed E-state index contributed by atoms with van der Waals surface area (Å²) in [6, 6.07) is 0. The molecule has 0 fully saturated rings. The van der Waals surface area contributed by atoms with Crippen molar-refractivity contribution in [3.63, 3.8) is 0 Å². The first-order chi connectivity index (χ1) is 5.11. The van der Waals surface area contributed by atoms with Crippen molar-refractivity contribution < 1.29 is 9.90 Å². The van der Waals surface area contributed by atoms with Crippen molar-refractivity contribution in [1.29, 1.82) is 0 Å². The molecule has 0 aliphatic rings. The lowest BCUT2D eigenvalue weighted by Gasteiger charge is -2.04. The molecule has 0 saturated heterocycles. The summed E-state index contributed by atoms with van der Waals surface area (Å²) in [5, 5.41) is 10.7. The van der Waals surface area contributed by atoms with Crippen LogP contribution < -0.4 is 4.90 Å². The molecule has 60 valence electrons. The summed E-state index contributed by atoms with van der Waals surface area (Å²) < 4.78 is 0. The first-order valence-electron chi connectivity index (χ1n) is 2.97. The second kappa shape index (κ2) is 2.87. The lowest BCUT2D eigenvalue weighted by Crippen LogP contribution is -2.08. The van der Waals surface area contributed by atoms with E-state index >= 15 is 0 Å². The SMILES string of the molecule is CN(C)c1nc(C(=O)O)cs1. The van der Waals surface area contributed by atoms with Gasteiger partial charge in [0.25, 0.3) is 0 Å². The average molecular weight is 172 g/mol. The van der Waals surface area contributed by atoms with Gasteiger partial charge in [-0.3, -0.25) is 0 Å². The van der Waals surface area contributed by atoms with Gasteiger partial charge in [0.2, 0.25) is 0 Å². The molecule has 11 heavy (non-hydrogen) atoms. The molecule has 0 atom stereocenters. The Kier molecular flexibility index (Phi) is 2.09. The van der Waals surface area contributed by atoms with Crippen molar-refractivity contribution in [3.8, 4) is 0 Å². The van der Waals surface area contributed by atoms with Gasteiger partial charge in [-0.25, -0.2) is 9.78 Å². The van der Waals surface area contributed by atoms with Crippen molar-refractivity contribution in [2.24, 2.45) is 0 Å². The number of aromatic nitrogens is 1. The molecule has 0 spiro atoms. The molecular formula is C6H8N2O2S. The first kappa shape index (κ1) is 8.00. The largest absolute Gasteiger partial charge is 0.476 e. The predicted molar refractivity (Wildman–Crippen MR) is 43.4 cm³/mol. The third-order valence-corrected chi connectivity index (χ3v) is 2.10. The smallest absolute Gasteiger partial charge is 0.355 e. The van der Waals surface area contributed by atoms with Gasteiger partial charge in [-0.15, -0.1) is 11.3 Å². The van der Waals surface area contributed by atoms with Crippen molar-refractivity contribution in [1.82, 2.24) is 4.98 Å². The Morgan fingerprint density at radius 3 is 2.64 bits per heavy atom. The number of carbonyl (C=O) groups is 1. The highest BCUT2D eigenvalue weighted by Crippen LogP contribution is 2.17. The summed E-state index contributed by atoms with van der Waals surface area (Å²) in [7, 11) is 3.65. The molecule has 1 aromatic rings. The zero-order valence-corrected chi connectivity index (χ0v) is 7.05. The molecule has 5 heteroatoms. The van der Waals surface area contributed by atoms with Crippen molar-refractivity contribution in [2.75, 3.05) is 19.0 Å². The Labute approximate surface area is 68.1 Å². The van der Waals surface area contributed by atoms with E-state index in [-0.39, 0.29) is 5.69 Å². The molecule has 4 nitrogen and oxygen atoms in total. The van der Waals surface area contributed by atoms with Crippen LogP contribution >= 0.6 is 11.3 Å². The highest BCUT2D eigenvalue weighted by molar-refractivity contribution is 7.13. The van der Waals surface area contributed by atoms with Crippen LogP contribution in [-0.4, -0.2) is 30.2 Å². The normalized spacial score (nSPS) is 9.64. The van der Waals surface area contributed by atoms with Gasteiger partial charge in [0.1, 0.15) is 0 Å². The van der Waals surface area contributed by atoms with E-state index < -0.39 is 5.97 Å². The Bertz CT molecular complexity index is 269. The molecule has 0 unspecified atom stereocenters. The number of carboxylic acids is 1. The van der Waals surface area contributed by atoms with Gasteiger partial charge in [-0.05, 0) is 0 Å². The Morgan fingerprint density at radius 2 is 2.36 bits per heavy atom. The van der Waals surface area contributed by atoms with Crippen LogP contribution in [0.2, 0.25) is 0 Å². The Balaban J connectivity index is 2.90. The molecular weight excluding hydrogens is 164 g/mol. The maximum absolute atomic E-state index is 10.4. The lowest BCUT2D eigenvalue weighted by molar-refractivity contribution is 0.0691. The minimum absolute atomic E-state index is 0.110. The van der Waals surface area contributed by atoms with Crippen LogP contribution in [0.4, 0.5) is 5.13 Å². The van der Waals surface area contributed by atoms with Crippen LogP contribution in [-0.2, 0) is 0 Å². The molecule has 1 rings (SSSR count). The molecule has 0 radical (unpaired) electrons. The Hall–Kier alpha value is -1.10. The first-order valence-corrected chi connectivity index (χ1v) is 3.85. The predicted octanol–water partition coefficient (Wildman–Crippen LogP) is 0.907. The van der Waals surface area contributed by atoms with Crippen molar-refractivity contribution in [2.45, 2.75) is 0 Å². The summed E-state index contributed by atoms with van der Waals surface area (Å²) in [5.74, 6) is -0.977. The topological polar surface area (TPSA) is 53.4 Å². The van der Waals surface area contributed by atoms with Gasteiger partial charge in [0.15, 0.2) is 10.8 Å². The minimum atomic E-state index is -0.977. The zero-order valence-electron chi connectivity index (χ0n) is 6.24. The quantitative estimate of drug-likeness (QED) is 0.720. The third-order valence-electron chi connectivity index (χ3n) is 1.09. The number of hydrogen-bond donors (Lipinski definition) is 1. The monoisotopic (exact) mass is 172 g/mol. The summed E-state index contributed by atoms with van der Waals surface area (Å²) in [6.45, 7) is 0. The van der Waals surface area contributed by atoms with Crippen LogP contribution in [0.5, 0.6) is 0 Å². The van der Waals surface area contributed by atoms with Crippen LogP contribution in [0.3, 0.4) is 0 Å². The second-order valence-electron chi connectivity index (χ2n) is 2.21. The fourth-order valence-corrected chi connectivity index (χ4v) is 1.30. The molecule has 0 amide bonds. The van der Waals surface area contributed by atoms with Crippen molar-refractivity contribution >= 4 is 22.4 Å². The molecule has 0 aliphatic carbocycles. The summed E-state index contributed by atoms with van der Waals surface area (Å²) in [5.41, 5.74) is 0.110. The van der Waals surface area contributed by atoms with Crippen LogP contribution in [0.15, 0.2) is 5.38 Å². The summed E-state index contributed by atoms with van der Waals surface area (Å²) in [4.78, 5) is 16.0. The average Bonchev–Trinajstić information content (AvgIpc) is 2.33. The zero-order chi connectivity index (χ0) is 8.43. The molecule has 0 bridgehead atoms. The number of hydrogen-bond acceptors (Lipinski definition) is 4.